The average Bonchev–Trinajstić information content (AvgIpc) is 3.42. The number of ketones is 1. The fourth-order valence-electron chi connectivity index (χ4n) is 5.37. The van der Waals surface area contributed by atoms with E-state index in [9.17, 15) is 9.59 Å². The van der Waals surface area contributed by atoms with Crippen molar-refractivity contribution in [3.8, 4) is 0 Å². The lowest BCUT2D eigenvalue weighted by Gasteiger charge is -2.39. The van der Waals surface area contributed by atoms with Crippen molar-refractivity contribution in [3.63, 3.8) is 0 Å². The molecule has 4 nitrogen and oxygen atoms in total. The lowest BCUT2D eigenvalue weighted by atomic mass is 9.81. The molecule has 31 heavy (non-hydrogen) atoms. The van der Waals surface area contributed by atoms with Gasteiger partial charge in [-0.25, -0.2) is 4.98 Å². The zero-order valence-electron chi connectivity index (χ0n) is 19.0. The van der Waals surface area contributed by atoms with E-state index in [2.05, 4.69) is 41.1 Å². The molecular formula is C26H34N2O2S. The van der Waals surface area contributed by atoms with Crippen molar-refractivity contribution < 1.29 is 9.59 Å². The number of hydrogen-bond acceptors (Lipinski definition) is 4. The molecule has 2 unspecified atom stereocenters. The predicted octanol–water partition coefficient (Wildman–Crippen LogP) is 5.72. The van der Waals surface area contributed by atoms with Gasteiger partial charge < -0.3 is 4.90 Å². The van der Waals surface area contributed by atoms with Gasteiger partial charge in [0.15, 0.2) is 5.78 Å². The first-order valence-electron chi connectivity index (χ1n) is 11.8. The molecule has 1 saturated carbocycles. The van der Waals surface area contributed by atoms with Crippen LogP contribution < -0.4 is 0 Å². The SMILES string of the molecule is CCc1ccc(C2CC(CC(=O)c3sc(C)nc3C)CN(C(=O)C3CCCC3)C2)cc1. The van der Waals surface area contributed by atoms with Crippen molar-refractivity contribution in [3.05, 3.63) is 51.0 Å². The maximum absolute atomic E-state index is 13.3. The van der Waals surface area contributed by atoms with Crippen LogP contribution >= 0.6 is 11.3 Å². The van der Waals surface area contributed by atoms with Crippen molar-refractivity contribution in [2.45, 2.75) is 71.6 Å². The average molecular weight is 439 g/mol. The summed E-state index contributed by atoms with van der Waals surface area (Å²) < 4.78 is 0. The zero-order chi connectivity index (χ0) is 22.0. The Labute approximate surface area is 190 Å². The van der Waals surface area contributed by atoms with Crippen LogP contribution in [-0.2, 0) is 11.2 Å². The predicted molar refractivity (Wildman–Crippen MR) is 126 cm³/mol. The van der Waals surface area contributed by atoms with Crippen LogP contribution in [-0.4, -0.2) is 34.7 Å². The number of aryl methyl sites for hydroxylation is 3. The molecule has 4 rings (SSSR count). The fraction of sp³-hybridized carbons (Fsp3) is 0.577. The number of aromatic nitrogens is 1. The van der Waals surface area contributed by atoms with E-state index in [1.54, 1.807) is 0 Å². The van der Waals surface area contributed by atoms with E-state index in [0.29, 0.717) is 24.8 Å². The quantitative estimate of drug-likeness (QED) is 0.542. The highest BCUT2D eigenvalue weighted by Crippen LogP contribution is 2.36. The summed E-state index contributed by atoms with van der Waals surface area (Å²) in [6, 6.07) is 8.86. The van der Waals surface area contributed by atoms with Crippen LogP contribution in [0.5, 0.6) is 0 Å². The molecule has 1 amide bonds. The van der Waals surface area contributed by atoms with Crippen LogP contribution in [0, 0.1) is 25.7 Å². The van der Waals surface area contributed by atoms with Crippen LogP contribution in [0.15, 0.2) is 24.3 Å². The lowest BCUT2D eigenvalue weighted by Crippen LogP contribution is -2.45. The summed E-state index contributed by atoms with van der Waals surface area (Å²) in [6.45, 7) is 7.53. The van der Waals surface area contributed by atoms with Crippen LogP contribution in [0.1, 0.15) is 82.9 Å². The minimum atomic E-state index is 0.184. The number of Topliss-reactive ketones (excluding diaryl/α,β-unsaturated/α-hetero) is 1. The van der Waals surface area contributed by atoms with Gasteiger partial charge in [-0.05, 0) is 56.6 Å². The highest BCUT2D eigenvalue weighted by atomic mass is 32.1. The van der Waals surface area contributed by atoms with E-state index >= 15 is 0 Å². The molecule has 166 valence electrons. The summed E-state index contributed by atoms with van der Waals surface area (Å²) in [7, 11) is 0. The maximum Gasteiger partial charge on any atom is 0.225 e. The molecular weight excluding hydrogens is 404 g/mol. The number of carbonyl (C=O) groups is 2. The summed E-state index contributed by atoms with van der Waals surface area (Å²) in [5.74, 6) is 1.18. The Kier molecular flexibility index (Phi) is 6.90. The number of hydrogen-bond donors (Lipinski definition) is 0. The second kappa shape index (κ2) is 9.64. The third kappa shape index (κ3) is 5.08. The number of nitrogens with zero attached hydrogens (tertiary/aromatic N) is 2. The molecule has 2 atom stereocenters. The van der Waals surface area contributed by atoms with Crippen molar-refractivity contribution in [2.24, 2.45) is 11.8 Å². The zero-order valence-corrected chi connectivity index (χ0v) is 19.8. The van der Waals surface area contributed by atoms with Gasteiger partial charge in [-0.2, -0.15) is 0 Å². The molecule has 0 spiro atoms. The van der Waals surface area contributed by atoms with Crippen molar-refractivity contribution in [2.75, 3.05) is 13.1 Å². The van der Waals surface area contributed by atoms with Gasteiger partial charge in [0.05, 0.1) is 15.6 Å². The Balaban J connectivity index is 1.53. The number of benzene rings is 1. The van der Waals surface area contributed by atoms with Gasteiger partial charge in [-0.15, -0.1) is 11.3 Å². The topological polar surface area (TPSA) is 50.3 Å². The molecule has 2 fully saturated rings. The molecule has 1 saturated heterocycles. The summed E-state index contributed by atoms with van der Waals surface area (Å²) in [6.07, 6.45) is 6.86. The third-order valence-corrected chi connectivity index (χ3v) is 8.16. The third-order valence-electron chi connectivity index (χ3n) is 7.04. The van der Waals surface area contributed by atoms with Crippen LogP contribution in [0.4, 0.5) is 0 Å². The molecule has 2 heterocycles. The van der Waals surface area contributed by atoms with Crippen LogP contribution in [0.2, 0.25) is 0 Å². The number of piperidine rings is 1. The molecule has 5 heteroatoms. The Hall–Kier alpha value is -2.01. The molecule has 1 aliphatic heterocycles. The van der Waals surface area contributed by atoms with E-state index in [1.165, 1.54) is 22.5 Å². The van der Waals surface area contributed by atoms with Gasteiger partial charge in [-0.3, -0.25) is 9.59 Å². The van der Waals surface area contributed by atoms with E-state index < -0.39 is 0 Å². The second-order valence-electron chi connectivity index (χ2n) is 9.39. The number of amides is 1. The smallest absolute Gasteiger partial charge is 0.225 e. The monoisotopic (exact) mass is 438 g/mol. The first-order valence-corrected chi connectivity index (χ1v) is 12.6. The highest BCUT2D eigenvalue weighted by molar-refractivity contribution is 7.13. The summed E-state index contributed by atoms with van der Waals surface area (Å²) >= 11 is 1.50. The highest BCUT2D eigenvalue weighted by Gasteiger charge is 2.35. The van der Waals surface area contributed by atoms with E-state index in [4.69, 9.17) is 0 Å². The Morgan fingerprint density at radius 1 is 1.10 bits per heavy atom. The minimum Gasteiger partial charge on any atom is -0.342 e. The molecule has 0 bridgehead atoms. The summed E-state index contributed by atoms with van der Waals surface area (Å²) in [5, 5.41) is 0.941. The van der Waals surface area contributed by atoms with Gasteiger partial charge in [0.1, 0.15) is 0 Å². The number of rotatable bonds is 6. The van der Waals surface area contributed by atoms with Crippen molar-refractivity contribution in [1.29, 1.82) is 0 Å². The first-order chi connectivity index (χ1) is 14.9. The minimum absolute atomic E-state index is 0.184. The molecule has 1 aromatic heterocycles. The van der Waals surface area contributed by atoms with Gasteiger partial charge in [0, 0.05) is 31.3 Å². The number of carbonyl (C=O) groups excluding carboxylic acids is 2. The standard InChI is InChI=1S/C26H34N2O2S/c1-4-19-9-11-21(12-10-19)23-13-20(14-24(29)25-17(2)27-18(3)31-25)15-28(16-23)26(30)22-7-5-6-8-22/h9-12,20,22-23H,4-8,13-16H2,1-3H3. The Morgan fingerprint density at radius 3 is 2.42 bits per heavy atom. The molecule has 2 aromatic rings. The second-order valence-corrected chi connectivity index (χ2v) is 10.6. The lowest BCUT2D eigenvalue weighted by molar-refractivity contribution is -0.137. The molecule has 1 aromatic carbocycles. The Morgan fingerprint density at radius 2 is 1.81 bits per heavy atom. The van der Waals surface area contributed by atoms with Crippen molar-refractivity contribution >= 4 is 23.0 Å². The first kappa shape index (κ1) is 22.2. The van der Waals surface area contributed by atoms with E-state index in [-0.39, 0.29) is 17.6 Å². The fourth-order valence-corrected chi connectivity index (χ4v) is 6.24. The molecule has 2 aliphatic rings. The summed E-state index contributed by atoms with van der Waals surface area (Å²) in [4.78, 5) is 33.7. The van der Waals surface area contributed by atoms with E-state index in [0.717, 1.165) is 60.6 Å². The van der Waals surface area contributed by atoms with E-state index in [1.807, 2.05) is 13.8 Å². The van der Waals surface area contributed by atoms with Crippen LogP contribution in [0.3, 0.4) is 0 Å². The van der Waals surface area contributed by atoms with Gasteiger partial charge >= 0.3 is 0 Å². The van der Waals surface area contributed by atoms with Gasteiger partial charge in [-0.1, -0.05) is 44.0 Å². The number of likely N-dealkylation sites (tertiary alicyclic amines) is 1. The van der Waals surface area contributed by atoms with Gasteiger partial charge in [0.2, 0.25) is 5.91 Å². The van der Waals surface area contributed by atoms with Crippen molar-refractivity contribution in [1.82, 2.24) is 9.88 Å². The normalized spacial score (nSPS) is 22.1. The summed E-state index contributed by atoms with van der Waals surface area (Å²) in [5.41, 5.74) is 3.47. The molecule has 1 aliphatic carbocycles. The number of thiazole rings is 1. The van der Waals surface area contributed by atoms with Gasteiger partial charge in [0.25, 0.3) is 0 Å². The Bertz CT molecular complexity index is 927. The molecule has 0 N–H and O–H groups in total. The maximum atomic E-state index is 13.3. The van der Waals surface area contributed by atoms with Crippen LogP contribution in [0.25, 0.3) is 0 Å². The largest absolute Gasteiger partial charge is 0.342 e. The molecule has 0 radical (unpaired) electrons.